The summed E-state index contributed by atoms with van der Waals surface area (Å²) in [4.78, 5) is 23.8. The van der Waals surface area contributed by atoms with Crippen molar-refractivity contribution in [1.82, 2.24) is 30.0 Å². The van der Waals surface area contributed by atoms with Crippen LogP contribution in [0.1, 0.15) is 43.2 Å². The number of nitrogens with one attached hydrogen (secondary N) is 2. The summed E-state index contributed by atoms with van der Waals surface area (Å²) in [7, 11) is 1.59. The predicted molar refractivity (Wildman–Crippen MR) is 106 cm³/mol. The van der Waals surface area contributed by atoms with E-state index in [4.69, 9.17) is 4.98 Å². The van der Waals surface area contributed by atoms with Crippen molar-refractivity contribution in [2.45, 2.75) is 45.1 Å². The van der Waals surface area contributed by atoms with Crippen LogP contribution in [-0.4, -0.2) is 37.7 Å². The summed E-state index contributed by atoms with van der Waals surface area (Å²) in [6, 6.07) is 6.87. The van der Waals surface area contributed by atoms with E-state index in [9.17, 15) is 9.18 Å². The van der Waals surface area contributed by atoms with Crippen LogP contribution >= 0.6 is 0 Å². The maximum atomic E-state index is 14.8. The van der Waals surface area contributed by atoms with E-state index in [1.807, 2.05) is 16.8 Å². The van der Waals surface area contributed by atoms with E-state index in [1.54, 1.807) is 25.6 Å². The third kappa shape index (κ3) is 3.32. The van der Waals surface area contributed by atoms with E-state index in [-0.39, 0.29) is 23.6 Å². The first-order valence-corrected chi connectivity index (χ1v) is 9.74. The van der Waals surface area contributed by atoms with Crippen LogP contribution in [0.15, 0.2) is 36.8 Å². The van der Waals surface area contributed by atoms with Crippen molar-refractivity contribution in [2.75, 3.05) is 7.05 Å². The molecule has 1 saturated carbocycles. The number of aromatic amines is 1. The Morgan fingerprint density at radius 3 is 2.72 bits per heavy atom. The molecular formula is C21H25FN6O. The Morgan fingerprint density at radius 1 is 1.34 bits per heavy atom. The van der Waals surface area contributed by atoms with Gasteiger partial charge in [0.2, 0.25) is 5.91 Å². The van der Waals surface area contributed by atoms with Crippen molar-refractivity contribution in [1.29, 1.82) is 0 Å². The van der Waals surface area contributed by atoms with Gasteiger partial charge in [-0.1, -0.05) is 32.0 Å². The van der Waals surface area contributed by atoms with Crippen LogP contribution in [0.25, 0.3) is 0 Å². The van der Waals surface area contributed by atoms with Gasteiger partial charge < -0.3 is 10.3 Å². The molecule has 1 amide bonds. The molecule has 0 aliphatic heterocycles. The van der Waals surface area contributed by atoms with Crippen LogP contribution in [0.3, 0.4) is 0 Å². The molecule has 7 nitrogen and oxygen atoms in total. The van der Waals surface area contributed by atoms with E-state index in [2.05, 4.69) is 34.2 Å². The minimum absolute atomic E-state index is 0.0916. The molecule has 29 heavy (non-hydrogen) atoms. The number of carbonyl (C=O) groups is 1. The molecule has 1 unspecified atom stereocenters. The highest BCUT2D eigenvalue weighted by Crippen LogP contribution is 2.67. The highest BCUT2D eigenvalue weighted by atomic mass is 19.1. The van der Waals surface area contributed by atoms with Crippen molar-refractivity contribution in [2.24, 2.45) is 5.41 Å². The Kier molecular flexibility index (Phi) is 4.72. The normalized spacial score (nSPS) is 19.9. The quantitative estimate of drug-likeness (QED) is 0.642. The molecule has 0 bridgehead atoms. The second-order valence-corrected chi connectivity index (χ2v) is 8.20. The number of benzene rings is 1. The number of aromatic nitrogens is 5. The van der Waals surface area contributed by atoms with E-state index < -0.39 is 5.41 Å². The number of amides is 1. The fourth-order valence-electron chi connectivity index (χ4n) is 4.20. The molecular weight excluding hydrogens is 371 g/mol. The second kappa shape index (κ2) is 7.09. The van der Waals surface area contributed by atoms with Gasteiger partial charge >= 0.3 is 0 Å². The smallest absolute Gasteiger partial charge is 0.227 e. The van der Waals surface area contributed by atoms with Crippen LogP contribution in [0.5, 0.6) is 0 Å². The van der Waals surface area contributed by atoms with Crippen LogP contribution in [0.2, 0.25) is 0 Å². The van der Waals surface area contributed by atoms with Gasteiger partial charge in [-0.15, -0.1) is 0 Å². The predicted octanol–water partition coefficient (Wildman–Crippen LogP) is 2.39. The molecule has 0 saturated heterocycles. The van der Waals surface area contributed by atoms with Gasteiger partial charge in [0, 0.05) is 37.5 Å². The van der Waals surface area contributed by atoms with E-state index in [0.717, 1.165) is 12.1 Å². The maximum Gasteiger partial charge on any atom is 0.227 e. The lowest BCUT2D eigenvalue weighted by atomic mass is 9.86. The van der Waals surface area contributed by atoms with Crippen molar-refractivity contribution in [3.63, 3.8) is 0 Å². The molecule has 3 aromatic rings. The van der Waals surface area contributed by atoms with E-state index >= 15 is 0 Å². The van der Waals surface area contributed by atoms with Gasteiger partial charge in [0.25, 0.3) is 0 Å². The third-order valence-corrected chi connectivity index (χ3v) is 5.91. The number of hydrogen-bond acceptors (Lipinski definition) is 4. The number of imidazole rings is 1. The molecule has 2 aromatic heterocycles. The second-order valence-electron chi connectivity index (χ2n) is 8.20. The maximum absolute atomic E-state index is 14.8. The Morgan fingerprint density at radius 2 is 2.10 bits per heavy atom. The van der Waals surface area contributed by atoms with Gasteiger partial charge in [-0.05, 0) is 17.9 Å². The molecule has 1 aromatic carbocycles. The molecule has 0 radical (unpaired) electrons. The zero-order valence-electron chi connectivity index (χ0n) is 16.9. The molecule has 1 aliphatic carbocycles. The third-order valence-electron chi connectivity index (χ3n) is 5.91. The van der Waals surface area contributed by atoms with Gasteiger partial charge in [-0.2, -0.15) is 5.10 Å². The van der Waals surface area contributed by atoms with Crippen molar-refractivity contribution < 1.29 is 9.18 Å². The summed E-state index contributed by atoms with van der Waals surface area (Å²) < 4.78 is 16.7. The SMILES string of the molecule is CNC(=O)Cc1nc(C2(c3ccccc3F)CC2(C)C)n(CCc2cnc[nH]2)n1. The summed E-state index contributed by atoms with van der Waals surface area (Å²) in [5.74, 6) is 0.764. The Balaban J connectivity index is 1.77. The number of hydrogen-bond donors (Lipinski definition) is 2. The lowest BCUT2D eigenvalue weighted by Crippen LogP contribution is -2.24. The minimum Gasteiger partial charge on any atom is -0.359 e. The lowest BCUT2D eigenvalue weighted by molar-refractivity contribution is -0.120. The molecule has 2 N–H and O–H groups in total. The van der Waals surface area contributed by atoms with Gasteiger partial charge in [0.15, 0.2) is 5.82 Å². The van der Waals surface area contributed by atoms with Gasteiger partial charge in [0.1, 0.15) is 11.6 Å². The molecule has 1 atom stereocenters. The summed E-state index contributed by atoms with van der Waals surface area (Å²) in [6.07, 6.45) is 4.95. The Hall–Kier alpha value is -3.03. The molecule has 4 rings (SSSR count). The Labute approximate surface area is 168 Å². The zero-order chi connectivity index (χ0) is 20.6. The number of likely N-dealkylation sites (N-methyl/N-ethyl adjacent to an activating group) is 1. The van der Waals surface area contributed by atoms with Gasteiger partial charge in [-0.25, -0.2) is 19.0 Å². The molecule has 0 spiro atoms. The molecule has 8 heteroatoms. The summed E-state index contributed by atoms with van der Waals surface area (Å²) in [6.45, 7) is 4.79. The first kappa shape index (κ1) is 19.3. The number of aryl methyl sites for hydroxylation is 2. The minimum atomic E-state index is -0.569. The summed E-state index contributed by atoms with van der Waals surface area (Å²) in [5, 5.41) is 7.22. The van der Waals surface area contributed by atoms with Crippen molar-refractivity contribution >= 4 is 5.91 Å². The first-order chi connectivity index (χ1) is 13.9. The lowest BCUT2D eigenvalue weighted by Gasteiger charge is -2.22. The Bertz CT molecular complexity index is 1030. The highest BCUT2D eigenvalue weighted by Gasteiger charge is 2.66. The molecule has 1 aliphatic rings. The first-order valence-electron chi connectivity index (χ1n) is 9.74. The standard InChI is InChI=1S/C21H25FN6O/c1-20(2)12-21(20,15-6-4-5-7-16(15)22)19-26-17(10-18(29)23-3)27-28(19)9-8-14-11-24-13-25-14/h4-7,11,13H,8-10,12H2,1-3H3,(H,23,29)(H,24,25). The van der Waals surface area contributed by atoms with Crippen LogP contribution < -0.4 is 5.32 Å². The fraction of sp³-hybridized carbons (Fsp3) is 0.429. The molecule has 152 valence electrons. The number of nitrogens with zero attached hydrogens (tertiary/aromatic N) is 4. The number of carbonyl (C=O) groups excluding carboxylic acids is 1. The number of rotatable bonds is 7. The monoisotopic (exact) mass is 396 g/mol. The van der Waals surface area contributed by atoms with E-state index in [1.165, 1.54) is 6.07 Å². The largest absolute Gasteiger partial charge is 0.359 e. The van der Waals surface area contributed by atoms with Crippen LogP contribution in [0, 0.1) is 11.2 Å². The molecule has 1 fully saturated rings. The van der Waals surface area contributed by atoms with Crippen LogP contribution in [-0.2, 0) is 29.6 Å². The van der Waals surface area contributed by atoms with Crippen LogP contribution in [0.4, 0.5) is 4.39 Å². The number of H-pyrrole nitrogens is 1. The fourth-order valence-corrected chi connectivity index (χ4v) is 4.20. The zero-order valence-corrected chi connectivity index (χ0v) is 16.9. The van der Waals surface area contributed by atoms with Gasteiger partial charge in [-0.3, -0.25) is 4.79 Å². The summed E-state index contributed by atoms with van der Waals surface area (Å²) >= 11 is 0. The van der Waals surface area contributed by atoms with Crippen molar-refractivity contribution in [3.8, 4) is 0 Å². The molecule has 2 heterocycles. The van der Waals surface area contributed by atoms with E-state index in [0.29, 0.717) is 30.2 Å². The highest BCUT2D eigenvalue weighted by molar-refractivity contribution is 5.77. The topological polar surface area (TPSA) is 88.5 Å². The summed E-state index contributed by atoms with van der Waals surface area (Å²) in [5.41, 5.74) is 0.874. The van der Waals surface area contributed by atoms with Gasteiger partial charge in [0.05, 0.1) is 18.2 Å². The number of halogens is 1. The average molecular weight is 396 g/mol. The van der Waals surface area contributed by atoms with Crippen molar-refractivity contribution in [3.05, 3.63) is 65.5 Å². The average Bonchev–Trinajstić information content (AvgIpc) is 3.08.